The van der Waals surface area contributed by atoms with Crippen molar-refractivity contribution in [3.05, 3.63) is 41.5 Å². The summed E-state index contributed by atoms with van der Waals surface area (Å²) in [6.45, 7) is 5.88. The van der Waals surface area contributed by atoms with E-state index in [1.54, 1.807) is 0 Å². The van der Waals surface area contributed by atoms with Crippen molar-refractivity contribution >= 4 is 0 Å². The molecule has 1 aliphatic heterocycles. The molecule has 4 heteroatoms. The first-order valence-corrected chi connectivity index (χ1v) is 7.38. The van der Waals surface area contributed by atoms with Crippen LogP contribution in [0, 0.1) is 0 Å². The van der Waals surface area contributed by atoms with Gasteiger partial charge < -0.3 is 9.30 Å². The lowest BCUT2D eigenvalue weighted by Crippen LogP contribution is -2.14. The first-order chi connectivity index (χ1) is 9.75. The molecule has 0 aliphatic carbocycles. The van der Waals surface area contributed by atoms with Gasteiger partial charge in [-0.05, 0) is 30.4 Å². The number of para-hydroxylation sites is 1. The second-order valence-corrected chi connectivity index (χ2v) is 5.62. The number of aryl methyl sites for hydroxylation is 1. The van der Waals surface area contributed by atoms with E-state index in [-0.39, 0.29) is 0 Å². The van der Waals surface area contributed by atoms with E-state index < -0.39 is 0 Å². The molecular weight excluding hydrogens is 250 g/mol. The maximum absolute atomic E-state index is 5.99. The van der Waals surface area contributed by atoms with E-state index in [0.717, 1.165) is 30.4 Å². The van der Waals surface area contributed by atoms with Crippen molar-refractivity contribution in [1.29, 1.82) is 0 Å². The van der Waals surface area contributed by atoms with E-state index >= 15 is 0 Å². The molecule has 0 saturated heterocycles. The molecule has 0 bridgehead atoms. The zero-order chi connectivity index (χ0) is 13.9. The number of hydrogen-bond donors (Lipinski definition) is 0. The highest BCUT2D eigenvalue weighted by molar-refractivity contribution is 5.35. The van der Waals surface area contributed by atoms with E-state index in [1.807, 2.05) is 12.1 Å². The lowest BCUT2D eigenvalue weighted by Gasteiger charge is -2.16. The quantitative estimate of drug-likeness (QED) is 0.856. The Morgan fingerprint density at radius 1 is 1.20 bits per heavy atom. The predicted octanol–water partition coefficient (Wildman–Crippen LogP) is 3.32. The Labute approximate surface area is 119 Å². The zero-order valence-electron chi connectivity index (χ0n) is 12.2. The number of ether oxygens (including phenoxy) is 1. The molecule has 0 N–H and O–H groups in total. The summed E-state index contributed by atoms with van der Waals surface area (Å²) in [5.74, 6) is 3.46. The monoisotopic (exact) mass is 271 g/mol. The molecule has 1 aromatic heterocycles. The fraction of sp³-hybridized carbons (Fsp3) is 0.500. The van der Waals surface area contributed by atoms with Gasteiger partial charge in [0.25, 0.3) is 0 Å². The third kappa shape index (κ3) is 2.55. The second-order valence-electron chi connectivity index (χ2n) is 5.62. The lowest BCUT2D eigenvalue weighted by molar-refractivity contribution is 0.282. The molecule has 1 aliphatic rings. The van der Waals surface area contributed by atoms with Crippen molar-refractivity contribution in [2.75, 3.05) is 0 Å². The van der Waals surface area contributed by atoms with E-state index in [4.69, 9.17) is 4.74 Å². The van der Waals surface area contributed by atoms with Crippen LogP contribution in [0.2, 0.25) is 0 Å². The molecule has 0 saturated carbocycles. The fourth-order valence-corrected chi connectivity index (χ4v) is 2.71. The molecular formula is C16H21N3O. The maximum Gasteiger partial charge on any atom is 0.171 e. The summed E-state index contributed by atoms with van der Waals surface area (Å²) in [4.78, 5) is 0. The Morgan fingerprint density at radius 3 is 2.90 bits per heavy atom. The summed E-state index contributed by atoms with van der Waals surface area (Å²) in [6, 6.07) is 8.23. The highest BCUT2D eigenvalue weighted by Crippen LogP contribution is 2.26. The molecule has 4 nitrogen and oxygen atoms in total. The van der Waals surface area contributed by atoms with Gasteiger partial charge in [0.15, 0.2) is 5.82 Å². The summed E-state index contributed by atoms with van der Waals surface area (Å²) < 4.78 is 8.20. The van der Waals surface area contributed by atoms with Gasteiger partial charge in [-0.2, -0.15) is 0 Å². The van der Waals surface area contributed by atoms with Crippen LogP contribution in [0.5, 0.6) is 5.75 Å². The highest BCUT2D eigenvalue weighted by Gasteiger charge is 2.16. The number of benzene rings is 1. The van der Waals surface area contributed by atoms with Gasteiger partial charge in [0.2, 0.25) is 0 Å². The molecule has 0 amide bonds. The Kier molecular flexibility index (Phi) is 3.72. The van der Waals surface area contributed by atoms with Gasteiger partial charge in [-0.25, -0.2) is 0 Å². The summed E-state index contributed by atoms with van der Waals surface area (Å²) >= 11 is 0. The van der Waals surface area contributed by atoms with Gasteiger partial charge in [-0.1, -0.05) is 32.0 Å². The Balaban J connectivity index is 1.75. The van der Waals surface area contributed by atoms with Crippen molar-refractivity contribution in [2.45, 2.75) is 52.2 Å². The maximum atomic E-state index is 5.99. The lowest BCUT2D eigenvalue weighted by atomic mass is 10.0. The van der Waals surface area contributed by atoms with Crippen LogP contribution in [-0.4, -0.2) is 14.8 Å². The second kappa shape index (κ2) is 5.65. The molecule has 1 aromatic carbocycles. The van der Waals surface area contributed by atoms with Crippen LogP contribution in [0.4, 0.5) is 0 Å². The average Bonchev–Trinajstić information content (AvgIpc) is 2.88. The van der Waals surface area contributed by atoms with Crippen LogP contribution in [-0.2, 0) is 19.6 Å². The first-order valence-electron chi connectivity index (χ1n) is 7.38. The molecule has 2 heterocycles. The summed E-state index contributed by atoms with van der Waals surface area (Å²) in [7, 11) is 0. The largest absolute Gasteiger partial charge is 0.485 e. The average molecular weight is 271 g/mol. The van der Waals surface area contributed by atoms with E-state index in [9.17, 15) is 0 Å². The summed E-state index contributed by atoms with van der Waals surface area (Å²) in [5, 5.41) is 8.53. The van der Waals surface area contributed by atoms with Gasteiger partial charge in [-0.15, -0.1) is 10.2 Å². The molecule has 106 valence electrons. The number of hydrogen-bond acceptors (Lipinski definition) is 3. The number of nitrogens with zero attached hydrogens (tertiary/aromatic N) is 3. The van der Waals surface area contributed by atoms with Crippen molar-refractivity contribution in [3.8, 4) is 5.75 Å². The van der Waals surface area contributed by atoms with Crippen LogP contribution < -0.4 is 4.74 Å². The number of aromatic nitrogens is 3. The third-order valence-electron chi connectivity index (χ3n) is 3.83. The summed E-state index contributed by atoms with van der Waals surface area (Å²) in [6.07, 6.45) is 3.46. The van der Waals surface area contributed by atoms with Crippen molar-refractivity contribution in [3.63, 3.8) is 0 Å². The molecule has 2 aromatic rings. The van der Waals surface area contributed by atoms with Crippen molar-refractivity contribution in [2.24, 2.45) is 0 Å². The molecule has 0 spiro atoms. The van der Waals surface area contributed by atoms with E-state index in [2.05, 4.69) is 40.7 Å². The molecule has 0 atom stereocenters. The fourth-order valence-electron chi connectivity index (χ4n) is 2.71. The minimum Gasteiger partial charge on any atom is -0.485 e. The van der Waals surface area contributed by atoms with Gasteiger partial charge in [0.1, 0.15) is 18.2 Å². The number of fused-ring (bicyclic) bond motifs is 1. The van der Waals surface area contributed by atoms with E-state index in [0.29, 0.717) is 12.5 Å². The Bertz CT molecular complexity index is 589. The van der Waals surface area contributed by atoms with Crippen LogP contribution >= 0.6 is 0 Å². The molecule has 0 radical (unpaired) electrons. The smallest absolute Gasteiger partial charge is 0.171 e. The SMILES string of the molecule is CC(C)c1ccccc1OCc1nnc2n1CCCC2. The van der Waals surface area contributed by atoms with Crippen LogP contribution in [0.15, 0.2) is 24.3 Å². The van der Waals surface area contributed by atoms with Gasteiger partial charge >= 0.3 is 0 Å². The van der Waals surface area contributed by atoms with Crippen molar-refractivity contribution < 1.29 is 4.74 Å². The topological polar surface area (TPSA) is 39.9 Å². The molecule has 20 heavy (non-hydrogen) atoms. The Morgan fingerprint density at radius 2 is 2.05 bits per heavy atom. The van der Waals surface area contributed by atoms with Gasteiger partial charge in [0.05, 0.1) is 0 Å². The standard InChI is InChI=1S/C16H21N3O/c1-12(2)13-7-3-4-8-14(13)20-11-16-18-17-15-9-5-6-10-19(15)16/h3-4,7-8,12H,5-6,9-11H2,1-2H3. The Hall–Kier alpha value is -1.84. The molecule has 0 fully saturated rings. The minimum absolute atomic E-state index is 0.457. The number of rotatable bonds is 4. The molecule has 0 unspecified atom stereocenters. The van der Waals surface area contributed by atoms with Crippen molar-refractivity contribution in [1.82, 2.24) is 14.8 Å². The van der Waals surface area contributed by atoms with E-state index in [1.165, 1.54) is 18.4 Å². The van der Waals surface area contributed by atoms with Gasteiger partial charge in [-0.3, -0.25) is 0 Å². The van der Waals surface area contributed by atoms with Crippen LogP contribution in [0.1, 0.15) is 49.8 Å². The summed E-state index contributed by atoms with van der Waals surface area (Å²) in [5.41, 5.74) is 1.24. The normalized spacial score (nSPS) is 14.3. The van der Waals surface area contributed by atoms with Crippen LogP contribution in [0.25, 0.3) is 0 Å². The first kappa shape index (κ1) is 13.2. The zero-order valence-corrected chi connectivity index (χ0v) is 12.2. The minimum atomic E-state index is 0.457. The predicted molar refractivity (Wildman–Crippen MR) is 77.8 cm³/mol. The van der Waals surface area contributed by atoms with Crippen LogP contribution in [0.3, 0.4) is 0 Å². The third-order valence-corrected chi connectivity index (χ3v) is 3.83. The molecule has 3 rings (SSSR count). The highest BCUT2D eigenvalue weighted by atomic mass is 16.5. The van der Waals surface area contributed by atoms with Gasteiger partial charge in [0, 0.05) is 13.0 Å².